The summed E-state index contributed by atoms with van der Waals surface area (Å²) in [5.74, 6) is 0.106. The summed E-state index contributed by atoms with van der Waals surface area (Å²) in [6, 6.07) is 9.76. The maximum atomic E-state index is 13.2. The summed E-state index contributed by atoms with van der Waals surface area (Å²) in [6.45, 7) is 4.23. The molecule has 2 heterocycles. The lowest BCUT2D eigenvalue weighted by atomic mass is 10.1. The Bertz CT molecular complexity index is 750. The Balaban J connectivity index is 1.89. The summed E-state index contributed by atoms with van der Waals surface area (Å²) >= 11 is 1.36. The van der Waals surface area contributed by atoms with E-state index in [2.05, 4.69) is 10.2 Å². The van der Waals surface area contributed by atoms with Crippen molar-refractivity contribution < 1.29 is 4.79 Å². The molecule has 0 aliphatic carbocycles. The van der Waals surface area contributed by atoms with Crippen molar-refractivity contribution in [1.29, 1.82) is 0 Å². The monoisotopic (exact) mass is 360 g/mol. The zero-order valence-corrected chi connectivity index (χ0v) is 15.3. The Hall–Kier alpha value is -2.02. The van der Waals surface area contributed by atoms with Crippen molar-refractivity contribution in [2.45, 2.75) is 49.6 Å². The van der Waals surface area contributed by atoms with Crippen molar-refractivity contribution in [2.75, 3.05) is 13.1 Å². The highest BCUT2D eigenvalue weighted by molar-refractivity contribution is 8.00. The first-order chi connectivity index (χ1) is 12.2. The number of rotatable bonds is 6. The number of carbonyl (C=O) groups is 1. The van der Waals surface area contributed by atoms with E-state index in [-0.39, 0.29) is 16.8 Å². The highest BCUT2D eigenvalue weighted by Crippen LogP contribution is 2.36. The van der Waals surface area contributed by atoms with Gasteiger partial charge in [0.05, 0.1) is 0 Å². The van der Waals surface area contributed by atoms with Crippen LogP contribution >= 0.6 is 11.8 Å². The highest BCUT2D eigenvalue weighted by Gasteiger charge is 2.29. The predicted octanol–water partition coefficient (Wildman–Crippen LogP) is 2.83. The van der Waals surface area contributed by atoms with Crippen molar-refractivity contribution in [2.24, 2.45) is 0 Å². The number of nitrogens with one attached hydrogen (secondary N) is 1. The molecule has 1 aromatic carbocycles. The van der Waals surface area contributed by atoms with Crippen LogP contribution in [0.5, 0.6) is 0 Å². The summed E-state index contributed by atoms with van der Waals surface area (Å²) < 4.78 is 1.62. The average molecular weight is 360 g/mol. The second-order valence-electron chi connectivity index (χ2n) is 6.26. The van der Waals surface area contributed by atoms with Gasteiger partial charge in [0, 0.05) is 19.6 Å². The summed E-state index contributed by atoms with van der Waals surface area (Å²) in [5, 5.41) is 6.84. The first-order valence-corrected chi connectivity index (χ1v) is 9.74. The zero-order chi connectivity index (χ0) is 17.6. The lowest BCUT2D eigenvalue weighted by Crippen LogP contribution is -2.38. The molecule has 0 radical (unpaired) electrons. The number of hydrogen-bond donors (Lipinski definition) is 1. The molecule has 1 aromatic heterocycles. The van der Waals surface area contributed by atoms with Crippen LogP contribution in [0.3, 0.4) is 0 Å². The van der Waals surface area contributed by atoms with E-state index in [0.29, 0.717) is 11.7 Å². The molecule has 1 amide bonds. The van der Waals surface area contributed by atoms with Gasteiger partial charge in [-0.05, 0) is 31.2 Å². The average Bonchev–Trinajstić information content (AvgIpc) is 3.01. The minimum absolute atomic E-state index is 0.106. The second-order valence-corrected chi connectivity index (χ2v) is 7.33. The fourth-order valence-corrected chi connectivity index (χ4v) is 4.24. The van der Waals surface area contributed by atoms with E-state index in [1.54, 1.807) is 4.57 Å². The maximum absolute atomic E-state index is 13.2. The third kappa shape index (κ3) is 4.15. The van der Waals surface area contributed by atoms with Crippen molar-refractivity contribution in [1.82, 2.24) is 19.7 Å². The van der Waals surface area contributed by atoms with Gasteiger partial charge in [0.25, 0.3) is 0 Å². The Morgan fingerprint density at radius 2 is 1.96 bits per heavy atom. The number of carbonyl (C=O) groups excluding carboxylic acids is 1. The van der Waals surface area contributed by atoms with Gasteiger partial charge < -0.3 is 4.90 Å². The topological polar surface area (TPSA) is 71.0 Å². The van der Waals surface area contributed by atoms with Gasteiger partial charge in [-0.25, -0.2) is 9.89 Å². The van der Waals surface area contributed by atoms with Gasteiger partial charge >= 0.3 is 5.69 Å². The SMILES string of the molecule is CCCn1c(SC(C(=O)N2CCCCC2)c2ccccc2)n[nH]c1=O. The summed E-state index contributed by atoms with van der Waals surface area (Å²) in [6.07, 6.45) is 4.13. The van der Waals surface area contributed by atoms with Gasteiger partial charge in [-0.3, -0.25) is 9.36 Å². The lowest BCUT2D eigenvalue weighted by molar-refractivity contribution is -0.131. The van der Waals surface area contributed by atoms with Gasteiger partial charge in [0.15, 0.2) is 5.16 Å². The third-order valence-electron chi connectivity index (χ3n) is 4.39. The number of thioether (sulfide) groups is 1. The van der Waals surface area contributed by atoms with E-state index in [9.17, 15) is 9.59 Å². The third-order valence-corrected chi connectivity index (χ3v) is 5.62. The van der Waals surface area contributed by atoms with Crippen LogP contribution in [-0.2, 0) is 11.3 Å². The molecule has 1 aliphatic rings. The van der Waals surface area contributed by atoms with E-state index in [1.165, 1.54) is 18.2 Å². The number of likely N-dealkylation sites (tertiary alicyclic amines) is 1. The van der Waals surface area contributed by atoms with Crippen LogP contribution in [0.2, 0.25) is 0 Å². The molecule has 3 rings (SSSR count). The Labute approximate surface area is 151 Å². The van der Waals surface area contributed by atoms with Gasteiger partial charge in [-0.1, -0.05) is 49.0 Å². The minimum atomic E-state index is -0.384. The van der Waals surface area contributed by atoms with Crippen LogP contribution in [-0.4, -0.2) is 38.7 Å². The molecule has 1 unspecified atom stereocenters. The first kappa shape index (κ1) is 17.8. The predicted molar refractivity (Wildman–Crippen MR) is 98.6 cm³/mol. The molecule has 1 aliphatic heterocycles. The molecule has 1 fully saturated rings. The molecule has 25 heavy (non-hydrogen) atoms. The first-order valence-electron chi connectivity index (χ1n) is 8.86. The van der Waals surface area contributed by atoms with Crippen molar-refractivity contribution >= 4 is 17.7 Å². The number of benzene rings is 1. The number of nitrogens with zero attached hydrogens (tertiary/aromatic N) is 3. The molecule has 7 heteroatoms. The van der Waals surface area contributed by atoms with E-state index in [1.807, 2.05) is 42.2 Å². The van der Waals surface area contributed by atoms with E-state index < -0.39 is 0 Å². The standard InChI is InChI=1S/C18H24N4O2S/c1-2-11-22-17(24)19-20-18(22)25-15(14-9-5-3-6-10-14)16(23)21-12-7-4-8-13-21/h3,5-6,9-10,15H,2,4,7-8,11-13H2,1H3,(H,19,24). The number of hydrogen-bond acceptors (Lipinski definition) is 4. The number of aromatic amines is 1. The second kappa shape index (κ2) is 8.38. The van der Waals surface area contributed by atoms with Gasteiger partial charge in [-0.2, -0.15) is 0 Å². The number of piperidine rings is 1. The van der Waals surface area contributed by atoms with Crippen LogP contribution in [0.4, 0.5) is 0 Å². The number of amides is 1. The van der Waals surface area contributed by atoms with Gasteiger partial charge in [0.1, 0.15) is 5.25 Å². The van der Waals surface area contributed by atoms with Crippen LogP contribution < -0.4 is 5.69 Å². The highest BCUT2D eigenvalue weighted by atomic mass is 32.2. The normalized spacial score (nSPS) is 16.0. The molecule has 134 valence electrons. The fraction of sp³-hybridized carbons (Fsp3) is 0.500. The molecule has 1 saturated heterocycles. The van der Waals surface area contributed by atoms with Crippen LogP contribution in [0.25, 0.3) is 0 Å². The number of H-pyrrole nitrogens is 1. The smallest absolute Gasteiger partial charge is 0.341 e. The van der Waals surface area contributed by atoms with Crippen LogP contribution in [0.1, 0.15) is 43.4 Å². The molecule has 6 nitrogen and oxygen atoms in total. The van der Waals surface area contributed by atoms with Crippen molar-refractivity contribution in [3.63, 3.8) is 0 Å². The van der Waals surface area contributed by atoms with E-state index in [4.69, 9.17) is 0 Å². The molecular weight excluding hydrogens is 336 g/mol. The Kier molecular flexibility index (Phi) is 5.96. The molecule has 0 spiro atoms. The van der Waals surface area contributed by atoms with Crippen molar-refractivity contribution in [3.8, 4) is 0 Å². The van der Waals surface area contributed by atoms with Crippen LogP contribution in [0, 0.1) is 0 Å². The summed E-state index contributed by atoms with van der Waals surface area (Å²) in [5.41, 5.74) is 0.725. The zero-order valence-electron chi connectivity index (χ0n) is 14.5. The van der Waals surface area contributed by atoms with E-state index >= 15 is 0 Å². The van der Waals surface area contributed by atoms with Crippen molar-refractivity contribution in [3.05, 3.63) is 46.4 Å². The van der Waals surface area contributed by atoms with Gasteiger partial charge in [-0.15, -0.1) is 5.10 Å². The Morgan fingerprint density at radius 3 is 2.64 bits per heavy atom. The minimum Gasteiger partial charge on any atom is -0.341 e. The lowest BCUT2D eigenvalue weighted by Gasteiger charge is -2.30. The number of aromatic nitrogens is 3. The summed E-state index contributed by atoms with van der Waals surface area (Å²) in [4.78, 5) is 27.1. The molecular formula is C18H24N4O2S. The molecule has 2 aromatic rings. The molecule has 1 N–H and O–H groups in total. The summed E-state index contributed by atoms with van der Waals surface area (Å²) in [7, 11) is 0. The van der Waals surface area contributed by atoms with Crippen LogP contribution in [0.15, 0.2) is 40.3 Å². The Morgan fingerprint density at radius 1 is 1.24 bits per heavy atom. The molecule has 0 bridgehead atoms. The maximum Gasteiger partial charge on any atom is 0.343 e. The fourth-order valence-electron chi connectivity index (χ4n) is 3.09. The molecule has 1 atom stereocenters. The van der Waals surface area contributed by atoms with E-state index in [0.717, 1.165) is 37.9 Å². The molecule has 0 saturated carbocycles. The quantitative estimate of drug-likeness (QED) is 0.804. The largest absolute Gasteiger partial charge is 0.343 e. The van der Waals surface area contributed by atoms with Gasteiger partial charge in [0.2, 0.25) is 5.91 Å².